The Bertz CT molecular complexity index is 599. The average Bonchev–Trinajstić information content (AvgIpc) is 2.51. The van der Waals surface area contributed by atoms with Gasteiger partial charge in [0.15, 0.2) is 0 Å². The predicted octanol–water partition coefficient (Wildman–Crippen LogP) is 5.49. The molecule has 0 bridgehead atoms. The maximum Gasteiger partial charge on any atom is 0.0728 e. The molecule has 2 aromatic rings. The summed E-state index contributed by atoms with van der Waals surface area (Å²) < 4.78 is 0. The van der Waals surface area contributed by atoms with Crippen molar-refractivity contribution >= 4 is 34.3 Å². The van der Waals surface area contributed by atoms with E-state index in [2.05, 4.69) is 42.8 Å². The molecule has 0 aliphatic rings. The molecule has 1 heterocycles. The standard InChI is InChI=1S/C18H25ClN2S/c1-4-21(5-2)12-6-7-14(3)22-18-10-11-20-17-13-15(19)8-9-16(17)18/h8-11,13-14H,4-7,12H2,1-3H3/t14-/m0/s1. The number of thioether (sulfide) groups is 1. The Morgan fingerprint density at radius 2 is 2.00 bits per heavy atom. The number of rotatable bonds is 8. The van der Waals surface area contributed by atoms with Crippen LogP contribution in [0.3, 0.4) is 0 Å². The third kappa shape index (κ3) is 4.87. The smallest absolute Gasteiger partial charge is 0.0728 e. The van der Waals surface area contributed by atoms with Crippen LogP contribution in [0.2, 0.25) is 5.02 Å². The largest absolute Gasteiger partial charge is 0.304 e. The van der Waals surface area contributed by atoms with Crippen LogP contribution in [0, 0.1) is 0 Å². The zero-order valence-corrected chi connectivity index (χ0v) is 15.3. The highest BCUT2D eigenvalue weighted by atomic mass is 35.5. The molecule has 2 nitrogen and oxygen atoms in total. The van der Waals surface area contributed by atoms with Gasteiger partial charge in [-0.25, -0.2) is 0 Å². The summed E-state index contributed by atoms with van der Waals surface area (Å²) in [7, 11) is 0. The van der Waals surface area contributed by atoms with E-state index in [0.29, 0.717) is 5.25 Å². The van der Waals surface area contributed by atoms with E-state index in [4.69, 9.17) is 11.6 Å². The van der Waals surface area contributed by atoms with Crippen molar-refractivity contribution in [1.82, 2.24) is 9.88 Å². The molecule has 4 heteroatoms. The Kier molecular flexibility index (Phi) is 7.00. The van der Waals surface area contributed by atoms with Gasteiger partial charge in [0.05, 0.1) is 5.52 Å². The van der Waals surface area contributed by atoms with Gasteiger partial charge in [0, 0.05) is 26.8 Å². The molecule has 120 valence electrons. The molecular weight excluding hydrogens is 312 g/mol. The normalized spacial score (nSPS) is 13.0. The molecule has 0 saturated heterocycles. The van der Waals surface area contributed by atoms with Gasteiger partial charge in [0.1, 0.15) is 0 Å². The second-order valence-electron chi connectivity index (χ2n) is 5.57. The van der Waals surface area contributed by atoms with E-state index in [-0.39, 0.29) is 0 Å². The lowest BCUT2D eigenvalue weighted by atomic mass is 10.2. The SMILES string of the molecule is CCN(CC)CCC[C@H](C)Sc1ccnc2cc(Cl)ccc12. The lowest BCUT2D eigenvalue weighted by Crippen LogP contribution is -2.24. The monoisotopic (exact) mass is 336 g/mol. The lowest BCUT2D eigenvalue weighted by Gasteiger charge is -2.19. The van der Waals surface area contributed by atoms with Crippen LogP contribution < -0.4 is 0 Å². The first kappa shape index (κ1) is 17.6. The van der Waals surface area contributed by atoms with Crippen molar-refractivity contribution in [2.24, 2.45) is 0 Å². The van der Waals surface area contributed by atoms with Gasteiger partial charge in [-0.05, 0) is 50.7 Å². The fourth-order valence-corrected chi connectivity index (χ4v) is 3.94. The maximum atomic E-state index is 6.05. The molecule has 0 aliphatic carbocycles. The number of fused-ring (bicyclic) bond motifs is 1. The van der Waals surface area contributed by atoms with Crippen LogP contribution in [0.5, 0.6) is 0 Å². The first-order chi connectivity index (χ1) is 10.6. The molecule has 1 atom stereocenters. The zero-order valence-electron chi connectivity index (χ0n) is 13.7. The number of pyridine rings is 1. The number of benzene rings is 1. The van der Waals surface area contributed by atoms with E-state index in [0.717, 1.165) is 23.6 Å². The molecule has 0 N–H and O–H groups in total. The molecule has 0 fully saturated rings. The van der Waals surface area contributed by atoms with E-state index >= 15 is 0 Å². The zero-order chi connectivity index (χ0) is 15.9. The van der Waals surface area contributed by atoms with E-state index in [1.54, 1.807) is 0 Å². The summed E-state index contributed by atoms with van der Waals surface area (Å²) in [5.74, 6) is 0. The highest BCUT2D eigenvalue weighted by Crippen LogP contribution is 2.32. The second kappa shape index (κ2) is 8.76. The van der Waals surface area contributed by atoms with Crippen LogP contribution in [-0.4, -0.2) is 34.8 Å². The first-order valence-electron chi connectivity index (χ1n) is 8.07. The maximum absolute atomic E-state index is 6.05. The number of halogens is 1. The van der Waals surface area contributed by atoms with E-state index < -0.39 is 0 Å². The van der Waals surface area contributed by atoms with Gasteiger partial charge in [-0.1, -0.05) is 38.4 Å². The van der Waals surface area contributed by atoms with Crippen LogP contribution in [0.15, 0.2) is 35.4 Å². The molecule has 2 rings (SSSR count). The molecule has 0 radical (unpaired) electrons. The fourth-order valence-electron chi connectivity index (χ4n) is 2.62. The number of hydrogen-bond donors (Lipinski definition) is 0. The highest BCUT2D eigenvalue weighted by Gasteiger charge is 2.09. The van der Waals surface area contributed by atoms with Crippen LogP contribution in [0.1, 0.15) is 33.6 Å². The molecule has 0 spiro atoms. The quantitative estimate of drug-likeness (QED) is 0.593. The molecule has 0 amide bonds. The number of aromatic nitrogens is 1. The topological polar surface area (TPSA) is 16.1 Å². The van der Waals surface area contributed by atoms with Crippen molar-refractivity contribution < 1.29 is 0 Å². The molecule has 1 aromatic carbocycles. The van der Waals surface area contributed by atoms with Crippen molar-refractivity contribution in [2.75, 3.05) is 19.6 Å². The molecular formula is C18H25ClN2S. The summed E-state index contributed by atoms with van der Waals surface area (Å²) in [6, 6.07) is 8.07. The van der Waals surface area contributed by atoms with Crippen LogP contribution in [0.25, 0.3) is 10.9 Å². The summed E-state index contributed by atoms with van der Waals surface area (Å²) in [5, 5.41) is 2.55. The van der Waals surface area contributed by atoms with Crippen LogP contribution in [-0.2, 0) is 0 Å². The van der Waals surface area contributed by atoms with E-state index in [1.807, 2.05) is 30.1 Å². The Morgan fingerprint density at radius 1 is 1.23 bits per heavy atom. The molecule has 1 aromatic heterocycles. The first-order valence-corrected chi connectivity index (χ1v) is 9.33. The van der Waals surface area contributed by atoms with Crippen molar-refractivity contribution in [3.8, 4) is 0 Å². The Labute approximate surface area is 143 Å². The lowest BCUT2D eigenvalue weighted by molar-refractivity contribution is 0.297. The number of hydrogen-bond acceptors (Lipinski definition) is 3. The molecule has 0 saturated carbocycles. The predicted molar refractivity (Wildman–Crippen MR) is 99.1 cm³/mol. The van der Waals surface area contributed by atoms with Crippen LogP contribution in [0.4, 0.5) is 0 Å². The minimum absolute atomic E-state index is 0.608. The summed E-state index contributed by atoms with van der Waals surface area (Å²) >= 11 is 8.00. The Morgan fingerprint density at radius 3 is 2.73 bits per heavy atom. The van der Waals surface area contributed by atoms with Gasteiger partial charge < -0.3 is 4.90 Å². The third-order valence-corrected chi connectivity index (χ3v) is 5.46. The summed E-state index contributed by atoms with van der Waals surface area (Å²) in [4.78, 5) is 8.20. The van der Waals surface area contributed by atoms with Crippen molar-refractivity contribution in [3.05, 3.63) is 35.5 Å². The summed E-state index contributed by atoms with van der Waals surface area (Å²) in [6.45, 7) is 10.3. The van der Waals surface area contributed by atoms with Gasteiger partial charge in [0.2, 0.25) is 0 Å². The van der Waals surface area contributed by atoms with Gasteiger partial charge in [-0.2, -0.15) is 0 Å². The van der Waals surface area contributed by atoms with E-state index in [1.165, 1.54) is 29.7 Å². The minimum atomic E-state index is 0.608. The summed E-state index contributed by atoms with van der Waals surface area (Å²) in [5.41, 5.74) is 0.979. The average molecular weight is 337 g/mol. The third-order valence-electron chi connectivity index (χ3n) is 3.97. The second-order valence-corrected chi connectivity index (χ2v) is 7.48. The Hall–Kier alpha value is -0.770. The summed E-state index contributed by atoms with van der Waals surface area (Å²) in [6.07, 6.45) is 4.37. The molecule has 0 unspecified atom stereocenters. The van der Waals surface area contributed by atoms with Crippen LogP contribution >= 0.6 is 23.4 Å². The fraction of sp³-hybridized carbons (Fsp3) is 0.500. The van der Waals surface area contributed by atoms with Gasteiger partial charge >= 0.3 is 0 Å². The minimum Gasteiger partial charge on any atom is -0.304 e. The number of nitrogens with zero attached hydrogens (tertiary/aromatic N) is 2. The molecule has 22 heavy (non-hydrogen) atoms. The van der Waals surface area contributed by atoms with Crippen molar-refractivity contribution in [1.29, 1.82) is 0 Å². The van der Waals surface area contributed by atoms with Gasteiger partial charge in [-0.15, -0.1) is 11.8 Å². The van der Waals surface area contributed by atoms with Gasteiger partial charge in [-0.3, -0.25) is 4.98 Å². The van der Waals surface area contributed by atoms with Crippen molar-refractivity contribution in [2.45, 2.75) is 43.8 Å². The van der Waals surface area contributed by atoms with Crippen molar-refractivity contribution in [3.63, 3.8) is 0 Å². The highest BCUT2D eigenvalue weighted by molar-refractivity contribution is 8.00. The Balaban J connectivity index is 1.95. The van der Waals surface area contributed by atoms with Gasteiger partial charge in [0.25, 0.3) is 0 Å². The molecule has 0 aliphatic heterocycles. The van der Waals surface area contributed by atoms with E-state index in [9.17, 15) is 0 Å².